The molecule has 2 aliphatic heterocycles. The molecular formula is C32H54ClN3O4. The number of carbonyl (C=O) groups excluding carboxylic acids is 2. The first-order valence-corrected chi connectivity index (χ1v) is 15.7. The number of nitrogens with zero attached hydrogens (tertiary/aromatic N) is 1. The lowest BCUT2D eigenvalue weighted by Crippen LogP contribution is -3.00. The molecule has 0 radical (unpaired) electrons. The summed E-state index contributed by atoms with van der Waals surface area (Å²) in [4.78, 5) is 25.2. The Morgan fingerprint density at radius 2 is 1.75 bits per heavy atom. The molecule has 0 saturated carbocycles. The first-order chi connectivity index (χ1) is 18.7. The number of unbranched alkanes of at least 4 members (excludes halogenated alkanes) is 7. The van der Waals surface area contributed by atoms with Gasteiger partial charge in [0.15, 0.2) is 0 Å². The van der Waals surface area contributed by atoms with Gasteiger partial charge in [0.2, 0.25) is 0 Å². The summed E-state index contributed by atoms with van der Waals surface area (Å²) in [5, 5.41) is 6.62. The summed E-state index contributed by atoms with van der Waals surface area (Å²) in [5.74, 6) is 1.01. The Hall–Kier alpha value is -2.02. The molecule has 0 unspecified atom stereocenters. The van der Waals surface area contributed by atoms with Crippen molar-refractivity contribution in [2.45, 2.75) is 149 Å². The predicted molar refractivity (Wildman–Crippen MR) is 156 cm³/mol. The van der Waals surface area contributed by atoms with E-state index in [0.717, 1.165) is 68.2 Å². The quantitative estimate of drug-likeness (QED) is 0.174. The van der Waals surface area contributed by atoms with Crippen molar-refractivity contribution < 1.29 is 36.0 Å². The van der Waals surface area contributed by atoms with Gasteiger partial charge in [-0.25, -0.2) is 14.2 Å². The summed E-state index contributed by atoms with van der Waals surface area (Å²) in [7, 11) is 0. The van der Waals surface area contributed by atoms with Crippen LogP contribution in [0.1, 0.15) is 146 Å². The van der Waals surface area contributed by atoms with Crippen LogP contribution < -0.4 is 27.6 Å². The predicted octanol–water partition coefficient (Wildman–Crippen LogP) is 4.20. The fourth-order valence-corrected chi connectivity index (χ4v) is 5.95. The molecule has 2 aliphatic rings. The number of halogens is 1. The fraction of sp³-hybridized carbons (Fsp3) is 0.781. The van der Waals surface area contributed by atoms with Crippen molar-refractivity contribution in [2.24, 2.45) is 0 Å². The van der Waals surface area contributed by atoms with E-state index in [4.69, 9.17) is 9.47 Å². The van der Waals surface area contributed by atoms with Crippen LogP contribution in [0.4, 0.5) is 10.6 Å². The van der Waals surface area contributed by atoms with Crippen molar-refractivity contribution >= 4 is 17.9 Å². The number of hydrogen-bond donors (Lipinski definition) is 2. The highest BCUT2D eigenvalue weighted by molar-refractivity contribution is 5.92. The number of nitrogens with one attached hydrogen (secondary N) is 2. The summed E-state index contributed by atoms with van der Waals surface area (Å²) in [5.41, 5.74) is 2.60. The first-order valence-electron chi connectivity index (χ1n) is 15.7. The summed E-state index contributed by atoms with van der Waals surface area (Å²) in [6.07, 6.45) is 16.3. The van der Waals surface area contributed by atoms with Crippen LogP contribution in [0.15, 0.2) is 6.07 Å². The van der Waals surface area contributed by atoms with E-state index in [0.29, 0.717) is 31.7 Å². The van der Waals surface area contributed by atoms with Gasteiger partial charge in [-0.1, -0.05) is 52.4 Å². The van der Waals surface area contributed by atoms with Gasteiger partial charge in [-0.15, -0.1) is 0 Å². The van der Waals surface area contributed by atoms with Crippen molar-refractivity contribution in [3.63, 3.8) is 0 Å². The molecular weight excluding hydrogens is 526 g/mol. The number of hydrogen-bond acceptors (Lipinski definition) is 5. The fourth-order valence-electron chi connectivity index (χ4n) is 5.95. The standard InChI is InChI=1S/C32H53N3O4.ClH/c1-6-8-10-11-13-17-25-23-26-18-19-27-29(24(16-12-9-7-2)22-28(34-25)35(26)27)30(36)38-21-15-14-20-33-31(37)39-32(3,4)5;/h22,25-26H,6-21,23H2,1-5H3,(H,33,37);1H/t25-,26+;/m0./s1. The Morgan fingerprint density at radius 3 is 2.48 bits per heavy atom. The highest BCUT2D eigenvalue weighted by Gasteiger charge is 2.41. The Balaban J connectivity index is 0.00000560. The highest BCUT2D eigenvalue weighted by Crippen LogP contribution is 2.35. The van der Waals surface area contributed by atoms with E-state index in [2.05, 4.69) is 35.1 Å². The lowest BCUT2D eigenvalue weighted by atomic mass is 9.96. The van der Waals surface area contributed by atoms with Crippen molar-refractivity contribution in [1.82, 2.24) is 5.32 Å². The molecule has 3 heterocycles. The second-order valence-electron chi connectivity index (χ2n) is 12.4. The SMILES string of the molecule is CCCCCCC[C@H]1C[C@H]2CCc3c(C(=O)OCCCCNC(=O)OC(C)(C)C)c(CCCCC)cc([n+]32)N1.[Cl-]. The Kier molecular flexibility index (Phi) is 14.6. The summed E-state index contributed by atoms with van der Waals surface area (Å²) in [6.45, 7) is 10.9. The molecule has 0 spiro atoms. The van der Waals surface area contributed by atoms with Gasteiger partial charge in [0.1, 0.15) is 22.9 Å². The second kappa shape index (κ2) is 17.1. The molecule has 2 N–H and O–H groups in total. The smallest absolute Gasteiger partial charge is 0.407 e. The number of carbonyl (C=O) groups is 2. The number of ether oxygens (including phenoxy) is 2. The molecule has 0 saturated heterocycles. The van der Waals surface area contributed by atoms with Crippen LogP contribution in [-0.2, 0) is 22.3 Å². The number of aromatic nitrogens is 1. The van der Waals surface area contributed by atoms with Gasteiger partial charge in [0, 0.05) is 25.5 Å². The average Bonchev–Trinajstić information content (AvgIpc) is 3.29. The number of anilines is 1. The summed E-state index contributed by atoms with van der Waals surface area (Å²) < 4.78 is 13.5. The second-order valence-corrected chi connectivity index (χ2v) is 12.4. The maximum absolute atomic E-state index is 13.4. The number of esters is 1. The van der Waals surface area contributed by atoms with Gasteiger partial charge in [0.05, 0.1) is 12.6 Å². The monoisotopic (exact) mass is 579 g/mol. The van der Waals surface area contributed by atoms with Crippen LogP contribution >= 0.6 is 0 Å². The van der Waals surface area contributed by atoms with Crippen LogP contribution in [0.5, 0.6) is 0 Å². The molecule has 0 aromatic carbocycles. The molecule has 1 amide bonds. The van der Waals surface area contributed by atoms with Gasteiger partial charge < -0.3 is 27.2 Å². The summed E-state index contributed by atoms with van der Waals surface area (Å²) >= 11 is 0. The van der Waals surface area contributed by atoms with E-state index in [1.165, 1.54) is 44.3 Å². The van der Waals surface area contributed by atoms with E-state index in [9.17, 15) is 9.59 Å². The zero-order chi connectivity index (χ0) is 28.3. The van der Waals surface area contributed by atoms with Crippen molar-refractivity contribution in [1.29, 1.82) is 0 Å². The van der Waals surface area contributed by atoms with Crippen LogP contribution in [0, 0.1) is 0 Å². The van der Waals surface area contributed by atoms with Gasteiger partial charge in [0.25, 0.3) is 5.82 Å². The van der Waals surface area contributed by atoms with E-state index >= 15 is 0 Å². The number of amides is 1. The molecule has 7 nitrogen and oxygen atoms in total. The number of aryl methyl sites for hydroxylation is 1. The van der Waals surface area contributed by atoms with E-state index in [1.807, 2.05) is 20.8 Å². The van der Waals surface area contributed by atoms with Crippen LogP contribution in [0.3, 0.4) is 0 Å². The molecule has 0 bridgehead atoms. The number of pyridine rings is 1. The first kappa shape index (κ1) is 34.2. The molecule has 3 rings (SSSR count). The highest BCUT2D eigenvalue weighted by atomic mass is 35.5. The minimum atomic E-state index is -0.508. The summed E-state index contributed by atoms with van der Waals surface area (Å²) in [6, 6.07) is 3.26. The zero-order valence-corrected chi connectivity index (χ0v) is 26.5. The molecule has 0 fully saturated rings. The minimum absolute atomic E-state index is 0. The van der Waals surface area contributed by atoms with E-state index < -0.39 is 11.7 Å². The third kappa shape index (κ3) is 10.4. The maximum atomic E-state index is 13.4. The molecule has 8 heteroatoms. The lowest BCUT2D eigenvalue weighted by Gasteiger charge is -2.27. The van der Waals surface area contributed by atoms with Crippen molar-refractivity contribution in [3.8, 4) is 0 Å². The Morgan fingerprint density at radius 1 is 1.02 bits per heavy atom. The van der Waals surface area contributed by atoms with Crippen LogP contribution in [0.2, 0.25) is 0 Å². The minimum Gasteiger partial charge on any atom is -1.00 e. The van der Waals surface area contributed by atoms with Gasteiger partial charge in [-0.05, 0) is 71.3 Å². The molecule has 228 valence electrons. The molecule has 1 aromatic rings. The van der Waals surface area contributed by atoms with Gasteiger partial charge >= 0.3 is 12.1 Å². The average molecular weight is 580 g/mol. The van der Waals surface area contributed by atoms with Gasteiger partial charge in [-0.3, -0.25) is 5.32 Å². The van der Waals surface area contributed by atoms with E-state index in [-0.39, 0.29) is 18.4 Å². The van der Waals surface area contributed by atoms with Crippen molar-refractivity contribution in [3.05, 3.63) is 22.9 Å². The molecule has 1 aromatic heterocycles. The van der Waals surface area contributed by atoms with Crippen molar-refractivity contribution in [2.75, 3.05) is 18.5 Å². The maximum Gasteiger partial charge on any atom is 0.407 e. The third-order valence-electron chi connectivity index (χ3n) is 7.84. The van der Waals surface area contributed by atoms with Crippen LogP contribution in [-0.4, -0.2) is 36.9 Å². The largest absolute Gasteiger partial charge is 1.00 e. The Bertz CT molecular complexity index is 947. The topological polar surface area (TPSA) is 80.5 Å². The molecule has 0 aliphatic carbocycles. The molecule has 40 heavy (non-hydrogen) atoms. The lowest BCUT2D eigenvalue weighted by molar-refractivity contribution is -0.708. The van der Waals surface area contributed by atoms with E-state index in [1.54, 1.807) is 0 Å². The molecule has 2 atom stereocenters. The number of rotatable bonds is 16. The zero-order valence-electron chi connectivity index (χ0n) is 25.7. The number of alkyl carbamates (subject to hydrolysis) is 1. The normalized spacial score (nSPS) is 17.4. The third-order valence-corrected chi connectivity index (χ3v) is 7.84. The van der Waals surface area contributed by atoms with Gasteiger partial charge in [-0.2, -0.15) is 0 Å². The van der Waals surface area contributed by atoms with Crippen LogP contribution in [0.25, 0.3) is 0 Å². The Labute approximate surface area is 249 Å².